The normalized spacial score (nSPS) is 14.1. The molecule has 6 nitrogen and oxygen atoms in total. The highest BCUT2D eigenvalue weighted by atomic mass is 32.2. The second-order valence-electron chi connectivity index (χ2n) is 7.42. The Balaban J connectivity index is 1.45. The molecule has 0 aliphatic heterocycles. The molecule has 0 fully saturated rings. The molecular weight excluding hydrogens is 430 g/mol. The van der Waals surface area contributed by atoms with Crippen LogP contribution in [0.25, 0.3) is 10.2 Å². The van der Waals surface area contributed by atoms with Gasteiger partial charge in [-0.1, -0.05) is 42.1 Å². The van der Waals surface area contributed by atoms with Crippen molar-refractivity contribution in [1.82, 2.24) is 15.3 Å². The van der Waals surface area contributed by atoms with Crippen molar-refractivity contribution < 1.29 is 14.3 Å². The lowest BCUT2D eigenvalue weighted by Gasteiger charge is -2.17. The number of ether oxygens (including phenoxy) is 1. The molecule has 2 heterocycles. The molecule has 1 atom stereocenters. The van der Waals surface area contributed by atoms with Crippen LogP contribution in [-0.2, 0) is 33.6 Å². The summed E-state index contributed by atoms with van der Waals surface area (Å²) >= 11 is 3.14. The van der Waals surface area contributed by atoms with Crippen molar-refractivity contribution in [3.05, 3.63) is 52.7 Å². The van der Waals surface area contributed by atoms with Gasteiger partial charge in [-0.3, -0.25) is 4.79 Å². The summed E-state index contributed by atoms with van der Waals surface area (Å²) in [5.41, 5.74) is 2.32. The molecule has 1 aliphatic carbocycles. The molecule has 1 aromatic carbocycles. The summed E-state index contributed by atoms with van der Waals surface area (Å²) in [4.78, 5) is 36.4. The van der Waals surface area contributed by atoms with Gasteiger partial charge in [-0.05, 0) is 43.7 Å². The van der Waals surface area contributed by atoms with Crippen LogP contribution >= 0.6 is 23.1 Å². The summed E-state index contributed by atoms with van der Waals surface area (Å²) < 4.78 is 5.17. The summed E-state index contributed by atoms with van der Waals surface area (Å²) in [5, 5.41) is 4.80. The van der Waals surface area contributed by atoms with Crippen molar-refractivity contribution in [3.63, 3.8) is 0 Å². The number of aromatic nitrogens is 2. The van der Waals surface area contributed by atoms with E-state index in [1.165, 1.54) is 35.0 Å². The summed E-state index contributed by atoms with van der Waals surface area (Å²) in [7, 11) is 0. The molecule has 1 unspecified atom stereocenters. The topological polar surface area (TPSA) is 81.2 Å². The smallest absolute Gasteiger partial charge is 0.328 e. The number of fused-ring (bicyclic) bond motifs is 3. The zero-order valence-corrected chi connectivity index (χ0v) is 19.1. The average molecular weight is 456 g/mol. The van der Waals surface area contributed by atoms with Gasteiger partial charge in [0.05, 0.1) is 12.4 Å². The number of aryl methyl sites for hydroxylation is 2. The molecule has 0 bridgehead atoms. The quantitative estimate of drug-likeness (QED) is 0.315. The number of esters is 1. The molecule has 8 heteroatoms. The Bertz CT molecular complexity index is 1070. The molecule has 4 rings (SSSR count). The van der Waals surface area contributed by atoms with Gasteiger partial charge in [0.1, 0.15) is 22.2 Å². The van der Waals surface area contributed by atoms with Crippen LogP contribution in [0.15, 0.2) is 41.7 Å². The highest BCUT2D eigenvalue weighted by molar-refractivity contribution is 8.00. The lowest BCUT2D eigenvalue weighted by molar-refractivity contribution is -0.147. The average Bonchev–Trinajstić information content (AvgIpc) is 3.17. The number of nitrogens with zero attached hydrogens (tertiary/aromatic N) is 2. The van der Waals surface area contributed by atoms with E-state index in [0.29, 0.717) is 6.42 Å². The molecule has 2 aromatic heterocycles. The van der Waals surface area contributed by atoms with E-state index in [1.54, 1.807) is 24.6 Å². The molecule has 0 saturated heterocycles. The van der Waals surface area contributed by atoms with Crippen LogP contribution < -0.4 is 5.32 Å². The number of thiophene rings is 1. The van der Waals surface area contributed by atoms with Crippen molar-refractivity contribution in [2.24, 2.45) is 0 Å². The Morgan fingerprint density at radius 1 is 1.19 bits per heavy atom. The van der Waals surface area contributed by atoms with E-state index in [9.17, 15) is 9.59 Å². The number of hydrogen-bond donors (Lipinski definition) is 1. The Hall–Kier alpha value is -2.45. The van der Waals surface area contributed by atoms with Gasteiger partial charge in [0, 0.05) is 16.7 Å². The summed E-state index contributed by atoms with van der Waals surface area (Å²) in [6, 6.07) is 8.90. The van der Waals surface area contributed by atoms with Gasteiger partial charge in [0.25, 0.3) is 0 Å². The van der Waals surface area contributed by atoms with Crippen LogP contribution in [0.4, 0.5) is 0 Å². The van der Waals surface area contributed by atoms with Gasteiger partial charge in [-0.15, -0.1) is 11.3 Å². The van der Waals surface area contributed by atoms with Crippen molar-refractivity contribution in [1.29, 1.82) is 0 Å². The van der Waals surface area contributed by atoms with E-state index in [0.717, 1.165) is 33.6 Å². The Labute approximate surface area is 189 Å². The number of benzene rings is 1. The zero-order valence-electron chi connectivity index (χ0n) is 17.4. The first-order valence-electron chi connectivity index (χ1n) is 10.5. The molecule has 3 aromatic rings. The number of amides is 1. The lowest BCUT2D eigenvalue weighted by atomic mass is 9.97. The number of carbonyl (C=O) groups is 2. The maximum Gasteiger partial charge on any atom is 0.328 e. The van der Waals surface area contributed by atoms with E-state index in [-0.39, 0.29) is 18.3 Å². The Morgan fingerprint density at radius 2 is 2.00 bits per heavy atom. The second-order valence-corrected chi connectivity index (χ2v) is 9.47. The SMILES string of the molecule is CCOC(=O)C(Cc1ccccc1)NC(=O)CSc1ncnc2sc3c(c12)CCCC3. The molecule has 1 N–H and O–H groups in total. The third kappa shape index (κ3) is 5.25. The predicted molar refractivity (Wildman–Crippen MR) is 123 cm³/mol. The predicted octanol–water partition coefficient (Wildman–Crippen LogP) is 3.95. The fourth-order valence-corrected chi connectivity index (χ4v) is 5.96. The Kier molecular flexibility index (Phi) is 7.19. The van der Waals surface area contributed by atoms with E-state index in [1.807, 2.05) is 30.3 Å². The minimum absolute atomic E-state index is 0.182. The van der Waals surface area contributed by atoms with Crippen molar-refractivity contribution >= 4 is 45.2 Å². The number of rotatable bonds is 8. The standard InChI is InChI=1S/C23H25N3O3S2/c1-2-29-23(28)17(12-15-8-4-3-5-9-15)26-19(27)13-30-21-20-16-10-6-7-11-18(16)31-22(20)25-14-24-21/h3-5,8-9,14,17H,2,6-7,10-13H2,1H3,(H,26,27). The molecular formula is C23H25N3O3S2. The molecule has 0 saturated carbocycles. The molecule has 162 valence electrons. The molecule has 0 radical (unpaired) electrons. The van der Waals surface area contributed by atoms with Crippen molar-refractivity contribution in [2.45, 2.75) is 50.1 Å². The number of hydrogen-bond acceptors (Lipinski definition) is 7. The van der Waals surface area contributed by atoms with Crippen LogP contribution in [0.1, 0.15) is 35.8 Å². The minimum atomic E-state index is -0.713. The van der Waals surface area contributed by atoms with Gasteiger partial charge >= 0.3 is 5.97 Å². The van der Waals surface area contributed by atoms with E-state index in [2.05, 4.69) is 15.3 Å². The highest BCUT2D eigenvalue weighted by Gasteiger charge is 2.24. The number of nitrogens with one attached hydrogen (secondary N) is 1. The Morgan fingerprint density at radius 3 is 2.81 bits per heavy atom. The largest absolute Gasteiger partial charge is 0.464 e. The first kappa shape index (κ1) is 21.8. The van der Waals surface area contributed by atoms with Gasteiger partial charge in [0.2, 0.25) is 5.91 Å². The van der Waals surface area contributed by atoms with E-state index < -0.39 is 12.0 Å². The fraction of sp³-hybridized carbons (Fsp3) is 0.391. The van der Waals surface area contributed by atoms with Crippen LogP contribution in [0, 0.1) is 0 Å². The van der Waals surface area contributed by atoms with Gasteiger partial charge in [-0.2, -0.15) is 0 Å². The van der Waals surface area contributed by atoms with Crippen molar-refractivity contribution in [3.8, 4) is 0 Å². The van der Waals surface area contributed by atoms with Crippen LogP contribution in [0.2, 0.25) is 0 Å². The number of thioether (sulfide) groups is 1. The van der Waals surface area contributed by atoms with Crippen LogP contribution in [0.5, 0.6) is 0 Å². The van der Waals surface area contributed by atoms with Crippen LogP contribution in [0.3, 0.4) is 0 Å². The maximum atomic E-state index is 12.7. The van der Waals surface area contributed by atoms with Crippen molar-refractivity contribution in [2.75, 3.05) is 12.4 Å². The monoisotopic (exact) mass is 455 g/mol. The summed E-state index contributed by atoms with van der Waals surface area (Å²) in [6.07, 6.45) is 6.51. The fourth-order valence-electron chi connectivity index (χ4n) is 3.83. The highest BCUT2D eigenvalue weighted by Crippen LogP contribution is 2.39. The van der Waals surface area contributed by atoms with Gasteiger partial charge in [-0.25, -0.2) is 14.8 Å². The summed E-state index contributed by atoms with van der Waals surface area (Å²) in [6.45, 7) is 2.04. The molecule has 1 aliphatic rings. The molecule has 31 heavy (non-hydrogen) atoms. The third-order valence-corrected chi connectivity index (χ3v) is 7.43. The minimum Gasteiger partial charge on any atom is -0.464 e. The number of carbonyl (C=O) groups excluding carboxylic acids is 2. The zero-order chi connectivity index (χ0) is 21.6. The maximum absolute atomic E-state index is 12.7. The summed E-state index contributed by atoms with van der Waals surface area (Å²) in [5.74, 6) is -0.447. The van der Waals surface area contributed by atoms with Gasteiger partial charge in [0.15, 0.2) is 0 Å². The third-order valence-electron chi connectivity index (χ3n) is 5.25. The molecule has 0 spiro atoms. The van der Waals surface area contributed by atoms with Crippen LogP contribution in [-0.4, -0.2) is 40.2 Å². The molecule has 1 amide bonds. The van der Waals surface area contributed by atoms with E-state index >= 15 is 0 Å². The second kappa shape index (κ2) is 10.2. The van der Waals surface area contributed by atoms with E-state index in [4.69, 9.17) is 4.74 Å². The van der Waals surface area contributed by atoms with Gasteiger partial charge < -0.3 is 10.1 Å². The lowest BCUT2D eigenvalue weighted by Crippen LogP contribution is -2.44. The first-order valence-corrected chi connectivity index (χ1v) is 12.3. The first-order chi connectivity index (χ1) is 15.2.